The Balaban J connectivity index is 2.29. The summed E-state index contributed by atoms with van der Waals surface area (Å²) in [4.78, 5) is 15.4. The molecule has 0 aliphatic rings. The van der Waals surface area contributed by atoms with Gasteiger partial charge in [-0.3, -0.25) is 4.57 Å². The van der Waals surface area contributed by atoms with Crippen molar-refractivity contribution < 1.29 is 0 Å². The summed E-state index contributed by atoms with van der Waals surface area (Å²) in [5.74, 6) is 0. The summed E-state index contributed by atoms with van der Waals surface area (Å²) >= 11 is 0. The molecule has 0 saturated heterocycles. The fourth-order valence-electron chi connectivity index (χ4n) is 1.55. The number of aryl methyl sites for hydroxylation is 2. The first-order chi connectivity index (χ1) is 7.88. The van der Waals surface area contributed by atoms with Crippen LogP contribution in [0.5, 0.6) is 0 Å². The van der Waals surface area contributed by atoms with Gasteiger partial charge in [-0.15, -0.1) is 0 Å². The molecule has 4 heteroatoms. The average Bonchev–Trinajstić information content (AvgIpc) is 2.18. The molecule has 1 aromatic rings. The summed E-state index contributed by atoms with van der Waals surface area (Å²) in [5.41, 5.74) is 0.803. The molecule has 0 unspecified atom stereocenters. The van der Waals surface area contributed by atoms with E-state index in [-0.39, 0.29) is 11.2 Å². The van der Waals surface area contributed by atoms with Crippen molar-refractivity contribution in [2.24, 2.45) is 0 Å². The molecule has 0 aliphatic heterocycles. The fourth-order valence-corrected chi connectivity index (χ4v) is 1.55. The van der Waals surface area contributed by atoms with Crippen molar-refractivity contribution >= 4 is 0 Å². The van der Waals surface area contributed by atoms with Gasteiger partial charge in [0.2, 0.25) is 0 Å². The molecule has 1 N–H and O–H groups in total. The van der Waals surface area contributed by atoms with Gasteiger partial charge in [-0.1, -0.05) is 0 Å². The standard InChI is InChI=1S/C13H23N3O/c1-11-7-10-16(12(17)15-11)9-6-5-8-14-13(2,3)4/h7,10,14H,5-6,8-9H2,1-4H3. The Morgan fingerprint density at radius 2 is 2.06 bits per heavy atom. The van der Waals surface area contributed by atoms with Gasteiger partial charge in [0.25, 0.3) is 0 Å². The number of nitrogens with one attached hydrogen (secondary N) is 1. The zero-order chi connectivity index (χ0) is 12.9. The third-order valence-corrected chi connectivity index (χ3v) is 2.49. The first-order valence-electron chi connectivity index (χ1n) is 6.17. The van der Waals surface area contributed by atoms with E-state index in [2.05, 4.69) is 31.1 Å². The third kappa shape index (κ3) is 5.63. The largest absolute Gasteiger partial charge is 0.347 e. The Bertz CT molecular complexity index is 404. The third-order valence-electron chi connectivity index (χ3n) is 2.49. The minimum absolute atomic E-state index is 0.145. The highest BCUT2D eigenvalue weighted by Gasteiger charge is 2.07. The summed E-state index contributed by atoms with van der Waals surface area (Å²) in [6.07, 6.45) is 3.88. The van der Waals surface area contributed by atoms with E-state index >= 15 is 0 Å². The topological polar surface area (TPSA) is 46.9 Å². The van der Waals surface area contributed by atoms with E-state index in [1.807, 2.05) is 19.2 Å². The molecule has 4 nitrogen and oxygen atoms in total. The van der Waals surface area contributed by atoms with Gasteiger partial charge in [0.15, 0.2) is 0 Å². The van der Waals surface area contributed by atoms with Crippen LogP contribution >= 0.6 is 0 Å². The van der Waals surface area contributed by atoms with E-state index in [0.29, 0.717) is 0 Å². The van der Waals surface area contributed by atoms with Crippen LogP contribution < -0.4 is 11.0 Å². The van der Waals surface area contributed by atoms with Crippen LogP contribution in [0.2, 0.25) is 0 Å². The lowest BCUT2D eigenvalue weighted by Gasteiger charge is -2.20. The lowest BCUT2D eigenvalue weighted by Crippen LogP contribution is -2.36. The van der Waals surface area contributed by atoms with Crippen LogP contribution in [-0.2, 0) is 6.54 Å². The molecule has 1 heterocycles. The van der Waals surface area contributed by atoms with Gasteiger partial charge in [0.05, 0.1) is 0 Å². The summed E-state index contributed by atoms with van der Waals surface area (Å²) in [6, 6.07) is 1.87. The maximum absolute atomic E-state index is 11.5. The lowest BCUT2D eigenvalue weighted by molar-refractivity contribution is 0.413. The Morgan fingerprint density at radius 3 is 2.65 bits per heavy atom. The van der Waals surface area contributed by atoms with Gasteiger partial charge in [-0.25, -0.2) is 4.79 Å². The quantitative estimate of drug-likeness (QED) is 0.793. The molecule has 0 atom stereocenters. The summed E-state index contributed by atoms with van der Waals surface area (Å²) in [6.45, 7) is 10.0. The molecule has 17 heavy (non-hydrogen) atoms. The van der Waals surface area contributed by atoms with Crippen molar-refractivity contribution in [1.29, 1.82) is 0 Å². The van der Waals surface area contributed by atoms with E-state index in [9.17, 15) is 4.79 Å². The van der Waals surface area contributed by atoms with Crippen molar-refractivity contribution in [3.8, 4) is 0 Å². The Kier molecular flexibility index (Phi) is 4.87. The molecule has 1 aromatic heterocycles. The Labute approximate surface area is 103 Å². The lowest BCUT2D eigenvalue weighted by atomic mass is 10.1. The normalized spacial score (nSPS) is 11.8. The van der Waals surface area contributed by atoms with Crippen LogP contribution in [0.25, 0.3) is 0 Å². The predicted octanol–water partition coefficient (Wildman–Crippen LogP) is 1.72. The highest BCUT2D eigenvalue weighted by atomic mass is 16.1. The number of rotatable bonds is 5. The van der Waals surface area contributed by atoms with Crippen molar-refractivity contribution in [3.05, 3.63) is 28.4 Å². The summed E-state index contributed by atoms with van der Waals surface area (Å²) in [7, 11) is 0. The molecule has 0 spiro atoms. The minimum Gasteiger partial charge on any atom is -0.312 e. The van der Waals surface area contributed by atoms with Crippen LogP contribution in [0.4, 0.5) is 0 Å². The molecule has 0 bridgehead atoms. The highest BCUT2D eigenvalue weighted by molar-refractivity contribution is 4.95. The second-order valence-corrected chi connectivity index (χ2v) is 5.43. The molecule has 0 aliphatic carbocycles. The van der Waals surface area contributed by atoms with Gasteiger partial charge in [0, 0.05) is 24.0 Å². The minimum atomic E-state index is -0.145. The van der Waals surface area contributed by atoms with Gasteiger partial charge >= 0.3 is 5.69 Å². The zero-order valence-electron chi connectivity index (χ0n) is 11.3. The van der Waals surface area contributed by atoms with Gasteiger partial charge in [0.1, 0.15) is 0 Å². The second-order valence-electron chi connectivity index (χ2n) is 5.43. The first-order valence-corrected chi connectivity index (χ1v) is 6.17. The molecule has 0 fully saturated rings. The fraction of sp³-hybridized carbons (Fsp3) is 0.692. The van der Waals surface area contributed by atoms with Crippen LogP contribution in [0, 0.1) is 6.92 Å². The predicted molar refractivity (Wildman–Crippen MR) is 70.2 cm³/mol. The molecule has 0 amide bonds. The second kappa shape index (κ2) is 5.96. The molecule has 0 radical (unpaired) electrons. The van der Waals surface area contributed by atoms with E-state index in [0.717, 1.165) is 31.6 Å². The van der Waals surface area contributed by atoms with Crippen LogP contribution in [-0.4, -0.2) is 21.6 Å². The average molecular weight is 237 g/mol. The van der Waals surface area contributed by atoms with E-state index in [1.54, 1.807) is 4.57 Å². The SMILES string of the molecule is Cc1ccn(CCCCNC(C)(C)C)c(=O)n1. The Hall–Kier alpha value is -1.16. The van der Waals surface area contributed by atoms with Gasteiger partial charge in [-0.05, 0) is 53.1 Å². The number of hydrogen-bond donors (Lipinski definition) is 1. The smallest absolute Gasteiger partial charge is 0.312 e. The number of hydrogen-bond acceptors (Lipinski definition) is 3. The molecule has 96 valence electrons. The summed E-state index contributed by atoms with van der Waals surface area (Å²) in [5, 5.41) is 3.43. The Morgan fingerprint density at radius 1 is 1.35 bits per heavy atom. The summed E-state index contributed by atoms with van der Waals surface area (Å²) < 4.78 is 1.67. The van der Waals surface area contributed by atoms with Gasteiger partial charge < -0.3 is 5.32 Å². The van der Waals surface area contributed by atoms with Crippen LogP contribution in [0.15, 0.2) is 17.1 Å². The van der Waals surface area contributed by atoms with Crippen molar-refractivity contribution in [1.82, 2.24) is 14.9 Å². The maximum atomic E-state index is 11.5. The number of unbranched alkanes of at least 4 members (excludes halogenated alkanes) is 1. The van der Waals surface area contributed by atoms with Crippen molar-refractivity contribution in [2.75, 3.05) is 6.54 Å². The number of aromatic nitrogens is 2. The first kappa shape index (κ1) is 13.9. The molecule has 0 saturated carbocycles. The van der Waals surface area contributed by atoms with E-state index in [1.165, 1.54) is 0 Å². The van der Waals surface area contributed by atoms with Crippen molar-refractivity contribution in [3.63, 3.8) is 0 Å². The molecule has 0 aromatic carbocycles. The van der Waals surface area contributed by atoms with E-state index in [4.69, 9.17) is 0 Å². The number of nitrogens with zero attached hydrogens (tertiary/aromatic N) is 2. The van der Waals surface area contributed by atoms with Crippen LogP contribution in [0.1, 0.15) is 39.3 Å². The maximum Gasteiger partial charge on any atom is 0.347 e. The highest BCUT2D eigenvalue weighted by Crippen LogP contribution is 1.99. The molecular weight excluding hydrogens is 214 g/mol. The molecule has 1 rings (SSSR count). The van der Waals surface area contributed by atoms with Crippen LogP contribution in [0.3, 0.4) is 0 Å². The van der Waals surface area contributed by atoms with Crippen molar-refractivity contribution in [2.45, 2.75) is 52.6 Å². The molecular formula is C13H23N3O. The zero-order valence-corrected chi connectivity index (χ0v) is 11.3. The van der Waals surface area contributed by atoms with Gasteiger partial charge in [-0.2, -0.15) is 4.98 Å². The monoisotopic (exact) mass is 237 g/mol. The van der Waals surface area contributed by atoms with E-state index < -0.39 is 0 Å².